The van der Waals surface area contributed by atoms with Crippen LogP contribution in [0.4, 0.5) is 10.1 Å². The first-order valence-corrected chi connectivity index (χ1v) is 7.99. The molecule has 116 valence electrons. The van der Waals surface area contributed by atoms with Crippen LogP contribution in [-0.2, 0) is 12.8 Å². The highest BCUT2D eigenvalue weighted by molar-refractivity contribution is 5.61. The Bertz CT molecular complexity index is 666. The summed E-state index contributed by atoms with van der Waals surface area (Å²) in [5.41, 5.74) is 6.28. The molecule has 0 fully saturated rings. The maximum absolute atomic E-state index is 13.4. The van der Waals surface area contributed by atoms with E-state index in [1.165, 1.54) is 28.4 Å². The van der Waals surface area contributed by atoms with Crippen LogP contribution in [0.25, 0.3) is 0 Å². The van der Waals surface area contributed by atoms with Gasteiger partial charge < -0.3 is 10.6 Å². The Hall–Kier alpha value is -1.87. The van der Waals surface area contributed by atoms with Gasteiger partial charge in [0.15, 0.2) is 0 Å². The highest BCUT2D eigenvalue weighted by Crippen LogP contribution is 2.30. The van der Waals surface area contributed by atoms with Crippen molar-refractivity contribution in [2.75, 3.05) is 18.4 Å². The topological polar surface area (TPSA) is 24.1 Å². The second kappa shape index (κ2) is 6.49. The number of hydrogen-bond donors (Lipinski definition) is 2. The summed E-state index contributed by atoms with van der Waals surface area (Å²) in [5.74, 6) is -0.182. The first-order chi connectivity index (χ1) is 10.6. The molecule has 2 aromatic carbocycles. The normalized spacial score (nSPS) is 15.8. The van der Waals surface area contributed by atoms with Crippen LogP contribution in [0.5, 0.6) is 0 Å². The average Bonchev–Trinajstić information content (AvgIpc) is 2.75. The van der Waals surface area contributed by atoms with E-state index >= 15 is 0 Å². The Morgan fingerprint density at radius 1 is 1.14 bits per heavy atom. The molecule has 1 aliphatic heterocycles. The van der Waals surface area contributed by atoms with Crippen molar-refractivity contribution in [2.45, 2.75) is 32.7 Å². The third-order valence-corrected chi connectivity index (χ3v) is 4.45. The van der Waals surface area contributed by atoms with E-state index in [9.17, 15) is 4.39 Å². The van der Waals surface area contributed by atoms with E-state index in [1.807, 2.05) is 6.07 Å². The lowest BCUT2D eigenvalue weighted by molar-refractivity contribution is 0.623. The molecule has 0 bridgehead atoms. The summed E-state index contributed by atoms with van der Waals surface area (Å²) >= 11 is 0. The van der Waals surface area contributed by atoms with Crippen molar-refractivity contribution in [3.63, 3.8) is 0 Å². The molecule has 1 aliphatic rings. The van der Waals surface area contributed by atoms with Gasteiger partial charge in [-0.2, -0.15) is 0 Å². The van der Waals surface area contributed by atoms with Gasteiger partial charge in [0.05, 0.1) is 0 Å². The van der Waals surface area contributed by atoms with Crippen molar-refractivity contribution in [1.82, 2.24) is 5.32 Å². The SMILES string of the molecule is Cc1ccc2c(c1NC(C)c1cccc(F)c1)CCNCC2. The molecular weight excluding hydrogens is 275 g/mol. The number of aryl methyl sites for hydroxylation is 1. The lowest BCUT2D eigenvalue weighted by Crippen LogP contribution is -2.16. The van der Waals surface area contributed by atoms with E-state index in [4.69, 9.17) is 0 Å². The maximum atomic E-state index is 13.4. The predicted molar refractivity (Wildman–Crippen MR) is 89.9 cm³/mol. The number of anilines is 1. The van der Waals surface area contributed by atoms with E-state index in [-0.39, 0.29) is 11.9 Å². The number of benzene rings is 2. The van der Waals surface area contributed by atoms with Gasteiger partial charge in [0.25, 0.3) is 0 Å². The average molecular weight is 298 g/mol. The maximum Gasteiger partial charge on any atom is 0.123 e. The van der Waals surface area contributed by atoms with Crippen LogP contribution in [0.1, 0.15) is 35.2 Å². The zero-order valence-corrected chi connectivity index (χ0v) is 13.2. The van der Waals surface area contributed by atoms with Gasteiger partial charge in [0, 0.05) is 11.7 Å². The van der Waals surface area contributed by atoms with Crippen LogP contribution in [0.15, 0.2) is 36.4 Å². The molecule has 1 heterocycles. The van der Waals surface area contributed by atoms with Crippen LogP contribution >= 0.6 is 0 Å². The number of rotatable bonds is 3. The highest BCUT2D eigenvalue weighted by atomic mass is 19.1. The van der Waals surface area contributed by atoms with E-state index in [0.717, 1.165) is 31.5 Å². The summed E-state index contributed by atoms with van der Waals surface area (Å²) in [4.78, 5) is 0. The second-order valence-corrected chi connectivity index (χ2v) is 6.07. The minimum absolute atomic E-state index is 0.0807. The molecule has 2 N–H and O–H groups in total. The molecule has 0 aromatic heterocycles. The van der Waals surface area contributed by atoms with Crippen LogP contribution in [0.2, 0.25) is 0 Å². The van der Waals surface area contributed by atoms with E-state index in [0.29, 0.717) is 0 Å². The Morgan fingerprint density at radius 2 is 1.95 bits per heavy atom. The monoisotopic (exact) mass is 298 g/mol. The van der Waals surface area contributed by atoms with Gasteiger partial charge in [-0.25, -0.2) is 4.39 Å². The zero-order chi connectivity index (χ0) is 15.5. The molecule has 2 aromatic rings. The fourth-order valence-electron chi connectivity index (χ4n) is 3.17. The summed E-state index contributed by atoms with van der Waals surface area (Å²) in [6.07, 6.45) is 2.11. The Labute approximate surface area is 131 Å². The Morgan fingerprint density at radius 3 is 2.77 bits per heavy atom. The van der Waals surface area contributed by atoms with Gasteiger partial charge in [0.2, 0.25) is 0 Å². The summed E-state index contributed by atoms with van der Waals surface area (Å²) < 4.78 is 13.4. The quantitative estimate of drug-likeness (QED) is 0.895. The first-order valence-electron chi connectivity index (χ1n) is 7.99. The number of hydrogen-bond acceptors (Lipinski definition) is 2. The predicted octanol–water partition coefficient (Wildman–Crippen LogP) is 4.00. The molecule has 1 unspecified atom stereocenters. The summed E-state index contributed by atoms with van der Waals surface area (Å²) in [6, 6.07) is 11.3. The number of fused-ring (bicyclic) bond motifs is 1. The lowest BCUT2D eigenvalue weighted by atomic mass is 9.96. The molecule has 22 heavy (non-hydrogen) atoms. The lowest BCUT2D eigenvalue weighted by Gasteiger charge is -2.22. The number of halogens is 1. The molecule has 0 aliphatic carbocycles. The highest BCUT2D eigenvalue weighted by Gasteiger charge is 2.16. The molecule has 1 atom stereocenters. The summed E-state index contributed by atoms with van der Waals surface area (Å²) in [5, 5.41) is 7.07. The van der Waals surface area contributed by atoms with Gasteiger partial charge in [-0.1, -0.05) is 24.3 Å². The van der Waals surface area contributed by atoms with Crippen molar-refractivity contribution in [1.29, 1.82) is 0 Å². The molecule has 0 spiro atoms. The molecule has 2 nitrogen and oxygen atoms in total. The molecule has 0 radical (unpaired) electrons. The molecular formula is C19H23FN2. The van der Waals surface area contributed by atoms with Crippen LogP contribution in [-0.4, -0.2) is 13.1 Å². The third-order valence-electron chi connectivity index (χ3n) is 4.45. The minimum Gasteiger partial charge on any atom is -0.378 e. The van der Waals surface area contributed by atoms with Gasteiger partial charge in [-0.05, 0) is 74.2 Å². The molecule has 3 rings (SSSR count). The van der Waals surface area contributed by atoms with Crippen molar-refractivity contribution >= 4 is 5.69 Å². The zero-order valence-electron chi connectivity index (χ0n) is 13.2. The van der Waals surface area contributed by atoms with E-state index in [2.05, 4.69) is 36.6 Å². The Kier molecular flexibility index (Phi) is 4.44. The molecule has 3 heteroatoms. The minimum atomic E-state index is -0.182. The van der Waals surface area contributed by atoms with Gasteiger partial charge in [-0.3, -0.25) is 0 Å². The van der Waals surface area contributed by atoms with Gasteiger partial charge >= 0.3 is 0 Å². The molecule has 0 amide bonds. The van der Waals surface area contributed by atoms with Crippen molar-refractivity contribution in [2.24, 2.45) is 0 Å². The van der Waals surface area contributed by atoms with Crippen molar-refractivity contribution in [3.8, 4) is 0 Å². The van der Waals surface area contributed by atoms with Crippen molar-refractivity contribution < 1.29 is 4.39 Å². The fraction of sp³-hybridized carbons (Fsp3) is 0.368. The fourth-order valence-corrected chi connectivity index (χ4v) is 3.17. The number of nitrogens with one attached hydrogen (secondary N) is 2. The van der Waals surface area contributed by atoms with Gasteiger partial charge in [-0.15, -0.1) is 0 Å². The van der Waals surface area contributed by atoms with Crippen LogP contribution in [0, 0.1) is 12.7 Å². The summed E-state index contributed by atoms with van der Waals surface area (Å²) in [7, 11) is 0. The third kappa shape index (κ3) is 3.14. The van der Waals surface area contributed by atoms with E-state index in [1.54, 1.807) is 12.1 Å². The smallest absolute Gasteiger partial charge is 0.123 e. The second-order valence-electron chi connectivity index (χ2n) is 6.07. The largest absolute Gasteiger partial charge is 0.378 e. The molecule has 0 saturated carbocycles. The Balaban J connectivity index is 1.91. The standard InChI is InChI=1S/C19H23FN2/c1-13-6-7-15-8-10-21-11-9-18(15)19(13)22-14(2)16-4-3-5-17(20)12-16/h3-7,12,14,21-22H,8-11H2,1-2H3. The van der Waals surface area contributed by atoms with Gasteiger partial charge in [0.1, 0.15) is 5.82 Å². The van der Waals surface area contributed by atoms with Crippen molar-refractivity contribution in [3.05, 3.63) is 64.5 Å². The summed E-state index contributed by atoms with van der Waals surface area (Å²) in [6.45, 7) is 6.27. The van der Waals surface area contributed by atoms with Crippen LogP contribution < -0.4 is 10.6 Å². The first kappa shape index (κ1) is 15.0. The van der Waals surface area contributed by atoms with E-state index < -0.39 is 0 Å². The van der Waals surface area contributed by atoms with Crippen LogP contribution in [0.3, 0.4) is 0 Å². The molecule has 0 saturated heterocycles.